The average molecular weight is 343 g/mol. The molecule has 1 aromatic carbocycles. The second kappa shape index (κ2) is 4.82. The number of aromatic nitrogens is 2. The predicted molar refractivity (Wildman–Crippen MR) is 72.7 cm³/mol. The van der Waals surface area contributed by atoms with E-state index in [0.717, 1.165) is 21.4 Å². The molecule has 0 saturated heterocycles. The summed E-state index contributed by atoms with van der Waals surface area (Å²) in [5, 5.41) is 15.0. The molecule has 0 amide bonds. The van der Waals surface area contributed by atoms with Gasteiger partial charge in [0.15, 0.2) is 0 Å². The first-order chi connectivity index (χ1) is 8.11. The number of nitrogens with zero attached hydrogens (tertiary/aromatic N) is 3. The molecule has 0 spiro atoms. The van der Waals surface area contributed by atoms with E-state index in [4.69, 9.17) is 0 Å². The predicted octanol–water partition coefficient (Wildman–Crippen LogP) is 3.08. The number of hydrogen-bond donors (Lipinski definition) is 0. The van der Waals surface area contributed by atoms with Crippen LogP contribution in [0.2, 0.25) is 0 Å². The topological polar surface area (TPSA) is 61.0 Å². The van der Waals surface area contributed by atoms with E-state index < -0.39 is 4.92 Å². The molecule has 1 aromatic heterocycles. The lowest BCUT2D eigenvalue weighted by Gasteiger charge is -1.97. The molecule has 0 fully saturated rings. The molecular weight excluding hydrogens is 333 g/mol. The summed E-state index contributed by atoms with van der Waals surface area (Å²) in [4.78, 5) is 10.1. The van der Waals surface area contributed by atoms with Crippen molar-refractivity contribution >= 4 is 28.3 Å². The Morgan fingerprint density at radius 2 is 2.06 bits per heavy atom. The molecule has 0 aliphatic heterocycles. The molecule has 17 heavy (non-hydrogen) atoms. The van der Waals surface area contributed by atoms with E-state index in [0.29, 0.717) is 0 Å². The third-order valence-corrected chi connectivity index (χ3v) is 3.18. The molecule has 0 N–H and O–H groups in total. The maximum absolute atomic E-state index is 10.6. The van der Waals surface area contributed by atoms with Crippen LogP contribution in [0.4, 0.5) is 5.69 Å². The van der Waals surface area contributed by atoms with Gasteiger partial charge in [0.2, 0.25) is 0 Å². The third kappa shape index (κ3) is 2.46. The van der Waals surface area contributed by atoms with E-state index in [-0.39, 0.29) is 5.69 Å². The van der Waals surface area contributed by atoms with E-state index in [9.17, 15) is 10.1 Å². The van der Waals surface area contributed by atoms with Crippen LogP contribution in [0, 0.1) is 13.7 Å². The maximum Gasteiger partial charge on any atom is 0.269 e. The molecule has 5 nitrogen and oxygen atoms in total. The van der Waals surface area contributed by atoms with Crippen LogP contribution in [0.15, 0.2) is 30.5 Å². The molecule has 0 aliphatic rings. The molecule has 0 unspecified atom stereocenters. The minimum atomic E-state index is -0.403. The van der Waals surface area contributed by atoms with Crippen LogP contribution in [-0.2, 0) is 6.54 Å². The molecule has 2 aromatic rings. The maximum atomic E-state index is 10.6. The SMILES string of the molecule is CCn1cc(I)c(-c2ccc([N+](=O)[O-])cc2)n1. The highest BCUT2D eigenvalue weighted by Crippen LogP contribution is 2.25. The fourth-order valence-electron chi connectivity index (χ4n) is 1.50. The highest BCUT2D eigenvalue weighted by molar-refractivity contribution is 14.1. The Morgan fingerprint density at radius 3 is 2.53 bits per heavy atom. The molecule has 2 rings (SSSR count). The Balaban J connectivity index is 2.39. The summed E-state index contributed by atoms with van der Waals surface area (Å²) in [5.41, 5.74) is 1.85. The van der Waals surface area contributed by atoms with Crippen LogP contribution in [0.1, 0.15) is 6.92 Å². The molecule has 88 valence electrons. The fourth-order valence-corrected chi connectivity index (χ4v) is 2.24. The Kier molecular flexibility index (Phi) is 3.41. The summed E-state index contributed by atoms with van der Waals surface area (Å²) in [6, 6.07) is 6.44. The summed E-state index contributed by atoms with van der Waals surface area (Å²) in [5.74, 6) is 0. The van der Waals surface area contributed by atoms with Gasteiger partial charge in [0.25, 0.3) is 5.69 Å². The van der Waals surface area contributed by atoms with E-state index in [1.165, 1.54) is 12.1 Å². The molecule has 6 heteroatoms. The first-order valence-corrected chi connectivity index (χ1v) is 6.17. The Labute approximate surface area is 112 Å². The van der Waals surface area contributed by atoms with Gasteiger partial charge in [-0.15, -0.1) is 0 Å². The van der Waals surface area contributed by atoms with Crippen molar-refractivity contribution in [2.75, 3.05) is 0 Å². The average Bonchev–Trinajstić information content (AvgIpc) is 2.71. The van der Waals surface area contributed by atoms with Crippen molar-refractivity contribution in [2.45, 2.75) is 13.5 Å². The summed E-state index contributed by atoms with van der Waals surface area (Å²) in [7, 11) is 0. The Bertz CT molecular complexity index is 548. The van der Waals surface area contributed by atoms with Gasteiger partial charge in [-0.1, -0.05) is 0 Å². The van der Waals surface area contributed by atoms with Gasteiger partial charge in [0.05, 0.1) is 8.49 Å². The largest absolute Gasteiger partial charge is 0.271 e. The monoisotopic (exact) mass is 343 g/mol. The van der Waals surface area contributed by atoms with Gasteiger partial charge in [0.1, 0.15) is 5.69 Å². The minimum absolute atomic E-state index is 0.0960. The fraction of sp³-hybridized carbons (Fsp3) is 0.182. The molecule has 0 radical (unpaired) electrons. The number of benzene rings is 1. The van der Waals surface area contributed by atoms with Crippen molar-refractivity contribution in [3.05, 3.63) is 44.1 Å². The lowest BCUT2D eigenvalue weighted by Crippen LogP contribution is -1.94. The molecular formula is C11H10IN3O2. The van der Waals surface area contributed by atoms with Crippen molar-refractivity contribution in [1.29, 1.82) is 0 Å². The first kappa shape index (κ1) is 12.0. The quantitative estimate of drug-likeness (QED) is 0.489. The van der Waals surface area contributed by atoms with Crippen molar-refractivity contribution in [3.63, 3.8) is 0 Å². The number of nitro benzene ring substituents is 1. The number of rotatable bonds is 3. The molecule has 0 saturated carbocycles. The smallest absolute Gasteiger partial charge is 0.269 e. The normalized spacial score (nSPS) is 10.5. The van der Waals surface area contributed by atoms with Gasteiger partial charge in [-0.25, -0.2) is 0 Å². The zero-order valence-electron chi connectivity index (χ0n) is 9.13. The van der Waals surface area contributed by atoms with E-state index in [1.54, 1.807) is 12.1 Å². The second-order valence-electron chi connectivity index (χ2n) is 3.49. The molecule has 0 bridgehead atoms. The van der Waals surface area contributed by atoms with Gasteiger partial charge >= 0.3 is 0 Å². The van der Waals surface area contributed by atoms with E-state index >= 15 is 0 Å². The van der Waals surface area contributed by atoms with Gasteiger partial charge < -0.3 is 0 Å². The van der Waals surface area contributed by atoms with Crippen molar-refractivity contribution in [1.82, 2.24) is 9.78 Å². The number of nitro groups is 1. The molecule has 0 atom stereocenters. The van der Waals surface area contributed by atoms with Gasteiger partial charge in [-0.05, 0) is 41.6 Å². The van der Waals surface area contributed by atoms with Crippen LogP contribution in [0.5, 0.6) is 0 Å². The van der Waals surface area contributed by atoms with Gasteiger partial charge in [0, 0.05) is 30.4 Å². The van der Waals surface area contributed by atoms with E-state index in [2.05, 4.69) is 27.7 Å². The lowest BCUT2D eigenvalue weighted by molar-refractivity contribution is -0.384. The Morgan fingerprint density at radius 1 is 1.41 bits per heavy atom. The van der Waals surface area contributed by atoms with Crippen LogP contribution < -0.4 is 0 Å². The molecule has 1 heterocycles. The van der Waals surface area contributed by atoms with Gasteiger partial charge in [-0.2, -0.15) is 5.10 Å². The highest BCUT2D eigenvalue weighted by atomic mass is 127. The highest BCUT2D eigenvalue weighted by Gasteiger charge is 2.10. The minimum Gasteiger partial charge on any atom is -0.271 e. The lowest BCUT2D eigenvalue weighted by atomic mass is 10.1. The number of non-ortho nitro benzene ring substituents is 1. The molecule has 0 aliphatic carbocycles. The number of aryl methyl sites for hydroxylation is 1. The first-order valence-electron chi connectivity index (χ1n) is 5.09. The number of halogens is 1. The van der Waals surface area contributed by atoms with Crippen molar-refractivity contribution in [3.8, 4) is 11.3 Å². The summed E-state index contributed by atoms with van der Waals surface area (Å²) in [6.45, 7) is 2.83. The summed E-state index contributed by atoms with van der Waals surface area (Å²) < 4.78 is 2.89. The van der Waals surface area contributed by atoms with Crippen LogP contribution in [0.3, 0.4) is 0 Å². The third-order valence-electron chi connectivity index (χ3n) is 2.39. The summed E-state index contributed by atoms with van der Waals surface area (Å²) >= 11 is 2.21. The van der Waals surface area contributed by atoms with E-state index in [1.807, 2.05) is 17.8 Å². The second-order valence-corrected chi connectivity index (χ2v) is 4.65. The van der Waals surface area contributed by atoms with Crippen molar-refractivity contribution < 1.29 is 4.92 Å². The number of hydrogen-bond acceptors (Lipinski definition) is 3. The van der Waals surface area contributed by atoms with Crippen molar-refractivity contribution in [2.24, 2.45) is 0 Å². The van der Waals surface area contributed by atoms with Gasteiger partial charge in [-0.3, -0.25) is 14.8 Å². The standard InChI is InChI=1S/C11H10IN3O2/c1-2-14-7-10(12)11(13-14)8-3-5-9(6-4-8)15(16)17/h3-7H,2H2,1H3. The van der Waals surface area contributed by atoms with Crippen LogP contribution >= 0.6 is 22.6 Å². The van der Waals surface area contributed by atoms with Crippen LogP contribution in [0.25, 0.3) is 11.3 Å². The zero-order valence-corrected chi connectivity index (χ0v) is 11.3. The zero-order chi connectivity index (χ0) is 12.4. The summed E-state index contributed by atoms with van der Waals surface area (Å²) in [6.07, 6.45) is 1.96. The Hall–Kier alpha value is -1.44. The van der Waals surface area contributed by atoms with Crippen LogP contribution in [-0.4, -0.2) is 14.7 Å².